The highest BCUT2D eigenvalue weighted by atomic mass is 79.9. The highest BCUT2D eigenvalue weighted by molar-refractivity contribution is 9.10. The topological polar surface area (TPSA) is 12.0 Å². The standard InChI is InChI=1S/C11H14BrN/c1-8-6-10(7-13-8)9-2-4-11(12)5-3-9/h2-5,8,10,13H,6-7H2,1H3. The van der Waals surface area contributed by atoms with Gasteiger partial charge < -0.3 is 5.32 Å². The summed E-state index contributed by atoms with van der Waals surface area (Å²) < 4.78 is 1.16. The second kappa shape index (κ2) is 3.81. The van der Waals surface area contributed by atoms with Gasteiger partial charge in [0.25, 0.3) is 0 Å². The van der Waals surface area contributed by atoms with E-state index in [2.05, 4.69) is 52.4 Å². The maximum atomic E-state index is 3.47. The lowest BCUT2D eigenvalue weighted by molar-refractivity contribution is 0.658. The van der Waals surface area contributed by atoms with Crippen molar-refractivity contribution in [3.8, 4) is 0 Å². The van der Waals surface area contributed by atoms with Crippen LogP contribution in [0.5, 0.6) is 0 Å². The Morgan fingerprint density at radius 2 is 2.00 bits per heavy atom. The van der Waals surface area contributed by atoms with Crippen LogP contribution in [0.1, 0.15) is 24.8 Å². The van der Waals surface area contributed by atoms with Gasteiger partial charge in [-0.1, -0.05) is 28.1 Å². The molecule has 1 aromatic carbocycles. The van der Waals surface area contributed by atoms with Gasteiger partial charge in [0, 0.05) is 17.1 Å². The zero-order valence-electron chi connectivity index (χ0n) is 7.76. The van der Waals surface area contributed by atoms with Crippen LogP contribution in [0.2, 0.25) is 0 Å². The van der Waals surface area contributed by atoms with Gasteiger partial charge in [0.05, 0.1) is 0 Å². The molecule has 1 fully saturated rings. The molecule has 0 radical (unpaired) electrons. The number of halogens is 1. The van der Waals surface area contributed by atoms with E-state index in [-0.39, 0.29) is 0 Å². The molecule has 1 aliphatic rings. The van der Waals surface area contributed by atoms with Gasteiger partial charge in [0.15, 0.2) is 0 Å². The molecule has 1 aromatic rings. The maximum absolute atomic E-state index is 3.47. The lowest BCUT2D eigenvalue weighted by atomic mass is 9.97. The summed E-state index contributed by atoms with van der Waals surface area (Å²) >= 11 is 3.45. The molecular formula is C11H14BrN. The molecule has 13 heavy (non-hydrogen) atoms. The van der Waals surface area contributed by atoms with Gasteiger partial charge >= 0.3 is 0 Å². The van der Waals surface area contributed by atoms with E-state index in [0.29, 0.717) is 12.0 Å². The summed E-state index contributed by atoms with van der Waals surface area (Å²) in [5.41, 5.74) is 1.46. The lowest BCUT2D eigenvalue weighted by Crippen LogP contribution is -2.16. The molecular weight excluding hydrogens is 226 g/mol. The van der Waals surface area contributed by atoms with Crippen molar-refractivity contribution in [1.29, 1.82) is 0 Å². The predicted octanol–water partition coefficient (Wildman–Crippen LogP) is 2.91. The van der Waals surface area contributed by atoms with E-state index in [1.54, 1.807) is 0 Å². The SMILES string of the molecule is CC1CC(c2ccc(Br)cc2)CN1. The van der Waals surface area contributed by atoms with Crippen molar-refractivity contribution in [2.75, 3.05) is 6.54 Å². The Bertz CT molecular complexity index is 281. The minimum Gasteiger partial charge on any atom is -0.314 e. The summed E-state index contributed by atoms with van der Waals surface area (Å²) in [6.07, 6.45) is 1.27. The lowest BCUT2D eigenvalue weighted by Gasteiger charge is -2.08. The molecule has 70 valence electrons. The highest BCUT2D eigenvalue weighted by Gasteiger charge is 2.21. The second-order valence-corrected chi connectivity index (χ2v) is 4.71. The van der Waals surface area contributed by atoms with E-state index in [1.165, 1.54) is 12.0 Å². The summed E-state index contributed by atoms with van der Waals surface area (Å²) in [6.45, 7) is 3.38. The zero-order chi connectivity index (χ0) is 9.26. The first-order valence-corrected chi connectivity index (χ1v) is 5.54. The third-order valence-electron chi connectivity index (χ3n) is 2.69. The van der Waals surface area contributed by atoms with Crippen molar-refractivity contribution in [3.63, 3.8) is 0 Å². The molecule has 1 nitrogen and oxygen atoms in total. The Kier molecular flexibility index (Phi) is 2.70. The first-order valence-electron chi connectivity index (χ1n) is 4.74. The van der Waals surface area contributed by atoms with Gasteiger partial charge in [-0.2, -0.15) is 0 Å². The average Bonchev–Trinajstić information content (AvgIpc) is 2.53. The Hall–Kier alpha value is -0.340. The van der Waals surface area contributed by atoms with E-state index in [0.717, 1.165) is 11.0 Å². The number of rotatable bonds is 1. The van der Waals surface area contributed by atoms with Crippen molar-refractivity contribution in [1.82, 2.24) is 5.32 Å². The van der Waals surface area contributed by atoms with Crippen LogP contribution in [-0.4, -0.2) is 12.6 Å². The molecule has 1 saturated heterocycles. The summed E-state index contributed by atoms with van der Waals surface area (Å²) in [6, 6.07) is 9.35. The minimum absolute atomic E-state index is 0.675. The molecule has 1 N–H and O–H groups in total. The molecule has 1 heterocycles. The predicted molar refractivity (Wildman–Crippen MR) is 59.0 cm³/mol. The van der Waals surface area contributed by atoms with Crippen LogP contribution in [0.4, 0.5) is 0 Å². The van der Waals surface area contributed by atoms with Crippen molar-refractivity contribution in [2.24, 2.45) is 0 Å². The van der Waals surface area contributed by atoms with Crippen molar-refractivity contribution in [2.45, 2.75) is 25.3 Å². The summed E-state index contributed by atoms with van der Waals surface area (Å²) in [5.74, 6) is 0.711. The van der Waals surface area contributed by atoms with E-state index in [9.17, 15) is 0 Å². The summed E-state index contributed by atoms with van der Waals surface area (Å²) in [5, 5.41) is 3.47. The van der Waals surface area contributed by atoms with Crippen LogP contribution < -0.4 is 5.32 Å². The fraction of sp³-hybridized carbons (Fsp3) is 0.455. The summed E-state index contributed by atoms with van der Waals surface area (Å²) in [7, 11) is 0. The monoisotopic (exact) mass is 239 g/mol. The number of nitrogens with one attached hydrogen (secondary N) is 1. The molecule has 0 aromatic heterocycles. The van der Waals surface area contributed by atoms with Crippen LogP contribution in [0, 0.1) is 0 Å². The van der Waals surface area contributed by atoms with Crippen LogP contribution in [0.25, 0.3) is 0 Å². The molecule has 0 bridgehead atoms. The fourth-order valence-corrected chi connectivity index (χ4v) is 2.19. The van der Waals surface area contributed by atoms with Crippen molar-refractivity contribution >= 4 is 15.9 Å². The Morgan fingerprint density at radius 1 is 1.31 bits per heavy atom. The highest BCUT2D eigenvalue weighted by Crippen LogP contribution is 2.26. The maximum Gasteiger partial charge on any atom is 0.0175 e. The number of hydrogen-bond acceptors (Lipinski definition) is 1. The molecule has 0 spiro atoms. The molecule has 2 unspecified atom stereocenters. The molecule has 1 aliphatic heterocycles. The van der Waals surface area contributed by atoms with Crippen LogP contribution in [0.15, 0.2) is 28.7 Å². The van der Waals surface area contributed by atoms with Crippen molar-refractivity contribution in [3.05, 3.63) is 34.3 Å². The van der Waals surface area contributed by atoms with Crippen LogP contribution in [-0.2, 0) is 0 Å². The third-order valence-corrected chi connectivity index (χ3v) is 3.22. The molecule has 0 amide bonds. The largest absolute Gasteiger partial charge is 0.314 e. The van der Waals surface area contributed by atoms with Gasteiger partial charge in [-0.05, 0) is 37.0 Å². The van der Waals surface area contributed by atoms with Gasteiger partial charge in [0.1, 0.15) is 0 Å². The normalized spacial score (nSPS) is 27.8. The van der Waals surface area contributed by atoms with Gasteiger partial charge in [0.2, 0.25) is 0 Å². The molecule has 2 rings (SSSR count). The Morgan fingerprint density at radius 3 is 2.54 bits per heavy atom. The Balaban J connectivity index is 2.13. The minimum atomic E-state index is 0.675. The van der Waals surface area contributed by atoms with E-state index in [4.69, 9.17) is 0 Å². The number of benzene rings is 1. The third kappa shape index (κ3) is 2.12. The molecule has 2 heteroatoms. The van der Waals surface area contributed by atoms with Crippen LogP contribution in [0.3, 0.4) is 0 Å². The van der Waals surface area contributed by atoms with E-state index < -0.39 is 0 Å². The first kappa shape index (κ1) is 9.22. The van der Waals surface area contributed by atoms with Gasteiger partial charge in [-0.25, -0.2) is 0 Å². The zero-order valence-corrected chi connectivity index (χ0v) is 9.34. The second-order valence-electron chi connectivity index (χ2n) is 3.79. The molecule has 2 atom stereocenters. The molecule has 0 saturated carbocycles. The quantitative estimate of drug-likeness (QED) is 0.795. The van der Waals surface area contributed by atoms with Crippen molar-refractivity contribution < 1.29 is 0 Å². The smallest absolute Gasteiger partial charge is 0.0175 e. The average molecular weight is 240 g/mol. The van der Waals surface area contributed by atoms with Gasteiger partial charge in [-0.3, -0.25) is 0 Å². The van der Waals surface area contributed by atoms with E-state index >= 15 is 0 Å². The number of hydrogen-bond donors (Lipinski definition) is 1. The van der Waals surface area contributed by atoms with Crippen LogP contribution >= 0.6 is 15.9 Å². The molecule has 0 aliphatic carbocycles. The Labute approximate surface area is 87.7 Å². The first-order chi connectivity index (χ1) is 6.25. The summed E-state index contributed by atoms with van der Waals surface area (Å²) in [4.78, 5) is 0. The van der Waals surface area contributed by atoms with Gasteiger partial charge in [-0.15, -0.1) is 0 Å². The fourth-order valence-electron chi connectivity index (χ4n) is 1.93. The van der Waals surface area contributed by atoms with E-state index in [1.807, 2.05) is 0 Å².